The molecule has 3 aromatic rings. The highest BCUT2D eigenvalue weighted by molar-refractivity contribution is 5.96. The van der Waals surface area contributed by atoms with Gasteiger partial charge in [-0.3, -0.25) is 9.59 Å². The van der Waals surface area contributed by atoms with Crippen LogP contribution in [0.2, 0.25) is 0 Å². The van der Waals surface area contributed by atoms with Crippen LogP contribution in [-0.2, 0) is 4.79 Å². The van der Waals surface area contributed by atoms with Gasteiger partial charge < -0.3 is 20.5 Å². The van der Waals surface area contributed by atoms with Crippen LogP contribution in [0.3, 0.4) is 0 Å². The highest BCUT2D eigenvalue weighted by atomic mass is 16.5. The van der Waals surface area contributed by atoms with Crippen LogP contribution in [0, 0.1) is 6.92 Å². The van der Waals surface area contributed by atoms with Gasteiger partial charge in [0.1, 0.15) is 17.2 Å². The predicted octanol–water partition coefficient (Wildman–Crippen LogP) is 3.90. The van der Waals surface area contributed by atoms with Crippen LogP contribution in [0.15, 0.2) is 72.8 Å². The first kappa shape index (κ1) is 19.0. The molecule has 0 atom stereocenters. The molecule has 0 heterocycles. The van der Waals surface area contributed by atoms with Crippen LogP contribution in [0.25, 0.3) is 0 Å². The molecule has 0 aliphatic carbocycles. The van der Waals surface area contributed by atoms with Crippen molar-refractivity contribution in [1.29, 1.82) is 0 Å². The number of para-hydroxylation sites is 1. The molecular formula is C22H20N2O4. The van der Waals surface area contributed by atoms with E-state index in [-0.39, 0.29) is 23.8 Å². The number of nitrogens with two attached hydrogens (primary N) is 1. The van der Waals surface area contributed by atoms with Crippen LogP contribution in [0.4, 0.5) is 5.69 Å². The van der Waals surface area contributed by atoms with E-state index in [2.05, 4.69) is 5.32 Å². The molecule has 0 aliphatic rings. The van der Waals surface area contributed by atoms with Crippen molar-refractivity contribution in [3.63, 3.8) is 0 Å². The molecule has 0 bridgehead atoms. The number of rotatable bonds is 7. The molecule has 0 saturated heterocycles. The molecule has 3 rings (SSSR count). The van der Waals surface area contributed by atoms with E-state index in [0.717, 1.165) is 11.3 Å². The second-order valence-corrected chi connectivity index (χ2v) is 6.14. The van der Waals surface area contributed by atoms with Gasteiger partial charge in [0.2, 0.25) is 0 Å². The van der Waals surface area contributed by atoms with Crippen LogP contribution in [0.5, 0.6) is 17.2 Å². The van der Waals surface area contributed by atoms with Crippen molar-refractivity contribution >= 4 is 17.5 Å². The summed E-state index contributed by atoms with van der Waals surface area (Å²) in [5.74, 6) is 0.715. The van der Waals surface area contributed by atoms with Crippen molar-refractivity contribution in [2.45, 2.75) is 6.92 Å². The van der Waals surface area contributed by atoms with Crippen molar-refractivity contribution in [3.05, 3.63) is 83.9 Å². The fourth-order valence-electron chi connectivity index (χ4n) is 2.56. The number of primary amides is 1. The Labute approximate surface area is 162 Å². The molecule has 3 N–H and O–H groups in total. The summed E-state index contributed by atoms with van der Waals surface area (Å²) < 4.78 is 11.2. The van der Waals surface area contributed by atoms with Crippen LogP contribution in [0.1, 0.15) is 15.9 Å². The summed E-state index contributed by atoms with van der Waals surface area (Å²) in [4.78, 5) is 23.5. The van der Waals surface area contributed by atoms with Crippen LogP contribution in [-0.4, -0.2) is 18.4 Å². The first-order valence-corrected chi connectivity index (χ1v) is 8.67. The van der Waals surface area contributed by atoms with Gasteiger partial charge in [-0.1, -0.05) is 24.3 Å². The highest BCUT2D eigenvalue weighted by Gasteiger charge is 2.10. The van der Waals surface area contributed by atoms with Crippen LogP contribution < -0.4 is 20.5 Å². The monoisotopic (exact) mass is 376 g/mol. The van der Waals surface area contributed by atoms with Gasteiger partial charge in [0.05, 0.1) is 5.56 Å². The number of hydrogen-bond donors (Lipinski definition) is 2. The van der Waals surface area contributed by atoms with Crippen molar-refractivity contribution in [2.75, 3.05) is 11.9 Å². The average Bonchev–Trinajstić information content (AvgIpc) is 2.68. The third kappa shape index (κ3) is 5.11. The fourth-order valence-corrected chi connectivity index (χ4v) is 2.56. The molecule has 0 saturated carbocycles. The zero-order chi connectivity index (χ0) is 19.9. The minimum Gasteiger partial charge on any atom is -0.483 e. The molecular weight excluding hydrogens is 356 g/mol. The van der Waals surface area contributed by atoms with Crippen molar-refractivity contribution < 1.29 is 19.1 Å². The van der Waals surface area contributed by atoms with Gasteiger partial charge in [-0.15, -0.1) is 0 Å². The molecule has 0 fully saturated rings. The summed E-state index contributed by atoms with van der Waals surface area (Å²) in [5, 5.41) is 2.73. The lowest BCUT2D eigenvalue weighted by atomic mass is 10.2. The Kier molecular flexibility index (Phi) is 5.91. The highest BCUT2D eigenvalue weighted by Crippen LogP contribution is 2.23. The summed E-state index contributed by atoms with van der Waals surface area (Å²) in [6.45, 7) is 1.75. The van der Waals surface area contributed by atoms with E-state index < -0.39 is 5.91 Å². The molecule has 28 heavy (non-hydrogen) atoms. The largest absolute Gasteiger partial charge is 0.483 e. The Morgan fingerprint density at radius 3 is 2.39 bits per heavy atom. The Balaban J connectivity index is 1.55. The number of aryl methyl sites for hydroxylation is 1. The minimum atomic E-state index is -0.611. The maximum absolute atomic E-state index is 12.1. The average molecular weight is 376 g/mol. The number of carbonyl (C=O) groups is 2. The standard InChI is InChI=1S/C22H20N2O4/c1-15-5-4-6-18(13-15)28-17-11-9-16(10-12-17)24-21(25)14-27-20-8-3-2-7-19(20)22(23)26/h2-13H,14H2,1H3,(H2,23,26)(H,24,25). The molecule has 142 valence electrons. The Morgan fingerprint density at radius 2 is 1.68 bits per heavy atom. The summed E-state index contributed by atoms with van der Waals surface area (Å²) >= 11 is 0. The molecule has 6 nitrogen and oxygen atoms in total. The van der Waals surface area contributed by atoms with E-state index in [0.29, 0.717) is 11.4 Å². The molecule has 3 aromatic carbocycles. The van der Waals surface area contributed by atoms with E-state index in [9.17, 15) is 9.59 Å². The van der Waals surface area contributed by atoms with Crippen molar-refractivity contribution in [2.24, 2.45) is 5.73 Å². The van der Waals surface area contributed by atoms with E-state index in [1.165, 1.54) is 0 Å². The SMILES string of the molecule is Cc1cccc(Oc2ccc(NC(=O)COc3ccccc3C(N)=O)cc2)c1. The molecule has 6 heteroatoms. The van der Waals surface area contributed by atoms with E-state index in [4.69, 9.17) is 15.2 Å². The Hall–Kier alpha value is -3.80. The molecule has 0 spiro atoms. The summed E-state index contributed by atoms with van der Waals surface area (Å²) in [7, 11) is 0. The number of benzene rings is 3. The number of carbonyl (C=O) groups excluding carboxylic acids is 2. The second kappa shape index (κ2) is 8.73. The molecule has 0 radical (unpaired) electrons. The number of amides is 2. The van der Waals surface area contributed by atoms with Gasteiger partial charge in [0.15, 0.2) is 6.61 Å². The molecule has 0 unspecified atom stereocenters. The first-order valence-electron chi connectivity index (χ1n) is 8.67. The summed E-state index contributed by atoms with van der Waals surface area (Å²) in [6.07, 6.45) is 0. The van der Waals surface area contributed by atoms with Gasteiger partial charge in [-0.2, -0.15) is 0 Å². The Bertz CT molecular complexity index is 984. The third-order valence-electron chi connectivity index (χ3n) is 3.87. The maximum Gasteiger partial charge on any atom is 0.262 e. The van der Waals surface area contributed by atoms with Crippen molar-refractivity contribution in [1.82, 2.24) is 0 Å². The predicted molar refractivity (Wildman–Crippen MR) is 107 cm³/mol. The van der Waals surface area contributed by atoms with E-state index in [1.54, 1.807) is 48.5 Å². The van der Waals surface area contributed by atoms with Gasteiger partial charge >= 0.3 is 0 Å². The minimum absolute atomic E-state index is 0.230. The first-order chi connectivity index (χ1) is 13.5. The number of anilines is 1. The maximum atomic E-state index is 12.1. The number of hydrogen-bond acceptors (Lipinski definition) is 4. The molecule has 2 amide bonds. The second-order valence-electron chi connectivity index (χ2n) is 6.14. The van der Waals surface area contributed by atoms with Gasteiger partial charge in [-0.05, 0) is 61.0 Å². The molecule has 0 aliphatic heterocycles. The summed E-state index contributed by atoms with van der Waals surface area (Å²) in [5.41, 5.74) is 7.24. The lowest BCUT2D eigenvalue weighted by molar-refractivity contribution is -0.118. The van der Waals surface area contributed by atoms with Crippen molar-refractivity contribution in [3.8, 4) is 17.2 Å². The van der Waals surface area contributed by atoms with Gasteiger partial charge in [0.25, 0.3) is 11.8 Å². The van der Waals surface area contributed by atoms with Gasteiger partial charge in [-0.25, -0.2) is 0 Å². The van der Waals surface area contributed by atoms with E-state index in [1.807, 2.05) is 31.2 Å². The summed E-state index contributed by atoms with van der Waals surface area (Å²) in [6, 6.07) is 21.3. The fraction of sp³-hybridized carbons (Fsp3) is 0.0909. The van der Waals surface area contributed by atoms with E-state index >= 15 is 0 Å². The quantitative estimate of drug-likeness (QED) is 0.654. The van der Waals surface area contributed by atoms with Crippen LogP contribution >= 0.6 is 0 Å². The zero-order valence-corrected chi connectivity index (χ0v) is 15.3. The lowest BCUT2D eigenvalue weighted by Gasteiger charge is -2.10. The zero-order valence-electron chi connectivity index (χ0n) is 15.3. The number of ether oxygens (including phenoxy) is 2. The normalized spacial score (nSPS) is 10.2. The molecule has 0 aromatic heterocycles. The topological polar surface area (TPSA) is 90.7 Å². The third-order valence-corrected chi connectivity index (χ3v) is 3.87. The number of nitrogens with one attached hydrogen (secondary N) is 1. The lowest BCUT2D eigenvalue weighted by Crippen LogP contribution is -2.21. The van der Waals surface area contributed by atoms with Gasteiger partial charge in [0, 0.05) is 5.69 Å². The smallest absolute Gasteiger partial charge is 0.262 e. The Morgan fingerprint density at radius 1 is 0.929 bits per heavy atom.